The lowest BCUT2D eigenvalue weighted by atomic mass is 9.94. The summed E-state index contributed by atoms with van der Waals surface area (Å²) < 4.78 is 0. The lowest BCUT2D eigenvalue weighted by Gasteiger charge is -2.19. The Balaban J connectivity index is 2.37. The van der Waals surface area contributed by atoms with Crippen LogP contribution in [0.2, 0.25) is 0 Å². The first-order valence-electron chi connectivity index (χ1n) is 6.79. The Morgan fingerprint density at radius 3 is 2.58 bits per heavy atom. The maximum absolute atomic E-state index is 11.8. The highest BCUT2D eigenvalue weighted by Gasteiger charge is 2.28. The smallest absolute Gasteiger partial charge is 0.303 e. The molecule has 1 amide bonds. The van der Waals surface area contributed by atoms with Crippen molar-refractivity contribution in [3.63, 3.8) is 0 Å². The van der Waals surface area contributed by atoms with Crippen LogP contribution in [0.4, 0.5) is 0 Å². The van der Waals surface area contributed by atoms with Gasteiger partial charge in [-0.15, -0.1) is 0 Å². The molecule has 0 radical (unpaired) electrons. The van der Waals surface area contributed by atoms with Gasteiger partial charge < -0.3 is 20.8 Å². The SMILES string of the molecule is CC(C)C[C@H](CNC(=O)C1CC(O)CN1)CC(=O)O. The summed E-state index contributed by atoms with van der Waals surface area (Å²) in [6, 6.07) is -0.362. The number of aliphatic hydroxyl groups excluding tert-OH is 1. The molecule has 0 bridgehead atoms. The summed E-state index contributed by atoms with van der Waals surface area (Å²) in [5, 5.41) is 23.9. The second kappa shape index (κ2) is 7.45. The zero-order valence-electron chi connectivity index (χ0n) is 11.6. The third-order valence-corrected chi connectivity index (χ3v) is 3.26. The molecule has 3 atom stereocenters. The molecule has 4 N–H and O–H groups in total. The normalized spacial score (nSPS) is 24.4. The minimum absolute atomic E-state index is 0.0484. The second-order valence-corrected chi connectivity index (χ2v) is 5.69. The number of carboxylic acid groups (broad SMARTS) is 1. The third kappa shape index (κ3) is 6.02. The molecular formula is C13H24N2O4. The third-order valence-electron chi connectivity index (χ3n) is 3.26. The first-order valence-corrected chi connectivity index (χ1v) is 6.79. The molecule has 0 aromatic heterocycles. The van der Waals surface area contributed by atoms with Gasteiger partial charge in [-0.25, -0.2) is 0 Å². The number of amides is 1. The summed E-state index contributed by atoms with van der Waals surface area (Å²) >= 11 is 0. The summed E-state index contributed by atoms with van der Waals surface area (Å²) in [5.41, 5.74) is 0. The molecule has 19 heavy (non-hydrogen) atoms. The molecule has 2 unspecified atom stereocenters. The fraction of sp³-hybridized carbons (Fsp3) is 0.846. The predicted octanol–water partition coefficient (Wildman–Crippen LogP) is -0.0376. The van der Waals surface area contributed by atoms with Gasteiger partial charge in [-0.3, -0.25) is 9.59 Å². The number of nitrogens with one attached hydrogen (secondary N) is 2. The van der Waals surface area contributed by atoms with Crippen molar-refractivity contribution in [1.29, 1.82) is 0 Å². The van der Waals surface area contributed by atoms with Crippen LogP contribution in [0.15, 0.2) is 0 Å². The van der Waals surface area contributed by atoms with E-state index in [-0.39, 0.29) is 24.3 Å². The van der Waals surface area contributed by atoms with Gasteiger partial charge in [0.2, 0.25) is 5.91 Å². The van der Waals surface area contributed by atoms with Crippen LogP contribution in [0.5, 0.6) is 0 Å². The first-order chi connectivity index (χ1) is 8.88. The molecule has 1 fully saturated rings. The quantitative estimate of drug-likeness (QED) is 0.521. The zero-order valence-corrected chi connectivity index (χ0v) is 11.6. The lowest BCUT2D eigenvalue weighted by molar-refractivity contribution is -0.138. The summed E-state index contributed by atoms with van der Waals surface area (Å²) in [4.78, 5) is 22.6. The Bertz CT molecular complexity index is 320. The highest BCUT2D eigenvalue weighted by atomic mass is 16.4. The first kappa shape index (κ1) is 15.9. The van der Waals surface area contributed by atoms with Gasteiger partial charge in [-0.1, -0.05) is 13.8 Å². The highest BCUT2D eigenvalue weighted by molar-refractivity contribution is 5.82. The number of hydrogen-bond acceptors (Lipinski definition) is 4. The number of carbonyl (C=O) groups is 2. The van der Waals surface area contributed by atoms with E-state index in [1.807, 2.05) is 13.8 Å². The van der Waals surface area contributed by atoms with Gasteiger partial charge in [0.05, 0.1) is 12.1 Å². The minimum atomic E-state index is -0.839. The number of β-amino-alcohol motifs (C(OH)–C–C–N with tert-alkyl or cyclic N) is 1. The van der Waals surface area contributed by atoms with Crippen molar-refractivity contribution >= 4 is 11.9 Å². The van der Waals surface area contributed by atoms with E-state index >= 15 is 0 Å². The number of carbonyl (C=O) groups excluding carboxylic acids is 1. The van der Waals surface area contributed by atoms with Crippen LogP contribution < -0.4 is 10.6 Å². The van der Waals surface area contributed by atoms with Crippen molar-refractivity contribution < 1.29 is 19.8 Å². The van der Waals surface area contributed by atoms with Crippen LogP contribution in [-0.4, -0.2) is 47.3 Å². The van der Waals surface area contributed by atoms with E-state index < -0.39 is 12.1 Å². The number of carboxylic acids is 1. The molecular weight excluding hydrogens is 248 g/mol. The van der Waals surface area contributed by atoms with Crippen molar-refractivity contribution in [2.75, 3.05) is 13.1 Å². The predicted molar refractivity (Wildman–Crippen MR) is 70.6 cm³/mol. The molecule has 0 saturated carbocycles. The van der Waals surface area contributed by atoms with Crippen LogP contribution in [0.3, 0.4) is 0 Å². The Hall–Kier alpha value is -1.14. The molecule has 1 saturated heterocycles. The topological polar surface area (TPSA) is 98.7 Å². The molecule has 1 rings (SSSR count). The van der Waals surface area contributed by atoms with E-state index in [1.165, 1.54) is 0 Å². The van der Waals surface area contributed by atoms with E-state index in [0.717, 1.165) is 6.42 Å². The van der Waals surface area contributed by atoms with Crippen molar-refractivity contribution in [3.05, 3.63) is 0 Å². The summed E-state index contributed by atoms with van der Waals surface area (Å²) in [6.45, 7) is 4.87. The summed E-state index contributed by atoms with van der Waals surface area (Å²) in [5.74, 6) is -0.648. The van der Waals surface area contributed by atoms with Crippen molar-refractivity contribution in [2.45, 2.75) is 45.3 Å². The highest BCUT2D eigenvalue weighted by Crippen LogP contribution is 2.15. The van der Waals surface area contributed by atoms with Crippen molar-refractivity contribution in [2.24, 2.45) is 11.8 Å². The zero-order chi connectivity index (χ0) is 14.4. The maximum Gasteiger partial charge on any atom is 0.303 e. The Kier molecular flexibility index (Phi) is 6.24. The fourth-order valence-electron chi connectivity index (χ4n) is 2.44. The number of hydrogen-bond donors (Lipinski definition) is 4. The minimum Gasteiger partial charge on any atom is -0.481 e. The van der Waals surface area contributed by atoms with E-state index in [4.69, 9.17) is 5.11 Å². The molecule has 1 aliphatic rings. The standard InChI is InChI=1S/C13H24N2O4/c1-8(2)3-9(4-12(17)18)6-15-13(19)11-5-10(16)7-14-11/h8-11,14,16H,3-7H2,1-2H3,(H,15,19)(H,17,18)/t9-,10?,11?/m0/s1. The molecule has 0 spiro atoms. The van der Waals surface area contributed by atoms with Crippen molar-refractivity contribution in [1.82, 2.24) is 10.6 Å². The van der Waals surface area contributed by atoms with Gasteiger partial charge in [-0.2, -0.15) is 0 Å². The molecule has 1 aliphatic heterocycles. The van der Waals surface area contributed by atoms with Crippen LogP contribution in [0.1, 0.15) is 33.1 Å². The van der Waals surface area contributed by atoms with Crippen LogP contribution in [0.25, 0.3) is 0 Å². The molecule has 1 heterocycles. The van der Waals surface area contributed by atoms with E-state index in [1.54, 1.807) is 0 Å². The van der Waals surface area contributed by atoms with Crippen LogP contribution in [0, 0.1) is 11.8 Å². The molecule has 0 aliphatic carbocycles. The van der Waals surface area contributed by atoms with Gasteiger partial charge in [0, 0.05) is 19.5 Å². The van der Waals surface area contributed by atoms with Gasteiger partial charge in [0.25, 0.3) is 0 Å². The Morgan fingerprint density at radius 2 is 2.11 bits per heavy atom. The van der Waals surface area contributed by atoms with Gasteiger partial charge >= 0.3 is 5.97 Å². The Labute approximate surface area is 113 Å². The van der Waals surface area contributed by atoms with E-state index in [0.29, 0.717) is 25.4 Å². The average molecular weight is 272 g/mol. The van der Waals surface area contributed by atoms with Gasteiger partial charge in [0.1, 0.15) is 0 Å². The molecule has 0 aromatic carbocycles. The van der Waals surface area contributed by atoms with E-state index in [2.05, 4.69) is 10.6 Å². The lowest BCUT2D eigenvalue weighted by Crippen LogP contribution is -2.42. The fourth-order valence-corrected chi connectivity index (χ4v) is 2.44. The number of aliphatic carboxylic acids is 1. The molecule has 6 nitrogen and oxygen atoms in total. The monoisotopic (exact) mass is 272 g/mol. The maximum atomic E-state index is 11.8. The Morgan fingerprint density at radius 1 is 1.42 bits per heavy atom. The number of aliphatic hydroxyl groups is 1. The van der Waals surface area contributed by atoms with Crippen molar-refractivity contribution in [3.8, 4) is 0 Å². The molecule has 6 heteroatoms. The summed E-state index contributed by atoms with van der Waals surface area (Å²) in [7, 11) is 0. The largest absolute Gasteiger partial charge is 0.481 e. The average Bonchev–Trinajstić information content (AvgIpc) is 2.71. The van der Waals surface area contributed by atoms with Crippen LogP contribution >= 0.6 is 0 Å². The van der Waals surface area contributed by atoms with Gasteiger partial charge in [-0.05, 0) is 24.7 Å². The second-order valence-electron chi connectivity index (χ2n) is 5.69. The van der Waals surface area contributed by atoms with Crippen LogP contribution in [-0.2, 0) is 9.59 Å². The van der Waals surface area contributed by atoms with E-state index in [9.17, 15) is 14.7 Å². The van der Waals surface area contributed by atoms with Gasteiger partial charge in [0.15, 0.2) is 0 Å². The molecule has 110 valence electrons. The number of rotatable bonds is 7. The molecule has 0 aromatic rings. The summed E-state index contributed by atoms with van der Waals surface area (Å²) in [6.07, 6.45) is 0.785.